The van der Waals surface area contributed by atoms with Crippen LogP contribution in [0.2, 0.25) is 5.02 Å². The van der Waals surface area contributed by atoms with Crippen LogP contribution in [0, 0.1) is 0 Å². The van der Waals surface area contributed by atoms with Crippen molar-refractivity contribution in [3.05, 3.63) is 70.9 Å². The number of benzene rings is 2. The summed E-state index contributed by atoms with van der Waals surface area (Å²) in [5, 5.41) is 2.03. The molecule has 2 aromatic carbocycles. The Hall–Kier alpha value is -1.84. The molecule has 0 atom stereocenters. The summed E-state index contributed by atoms with van der Waals surface area (Å²) < 4.78 is 2.26. The Morgan fingerprint density at radius 2 is 1.71 bits per heavy atom. The lowest BCUT2D eigenvalue weighted by Crippen LogP contribution is -2.26. The molecule has 1 saturated heterocycles. The van der Waals surface area contributed by atoms with E-state index in [0.29, 0.717) is 0 Å². The van der Waals surface area contributed by atoms with Crippen molar-refractivity contribution in [1.82, 2.24) is 9.47 Å². The van der Waals surface area contributed by atoms with Crippen LogP contribution >= 0.6 is 23.8 Å². The van der Waals surface area contributed by atoms with Crippen LogP contribution in [0.4, 0.5) is 0 Å². The first kappa shape index (κ1) is 15.7. The number of rotatable bonds is 3. The van der Waals surface area contributed by atoms with Gasteiger partial charge in [0.05, 0.1) is 0 Å². The Morgan fingerprint density at radius 3 is 2.50 bits per heavy atom. The second kappa shape index (κ2) is 6.58. The highest BCUT2D eigenvalue weighted by Crippen LogP contribution is 2.26. The lowest BCUT2D eigenvalue weighted by molar-refractivity contribution is 0.530. The predicted molar refractivity (Wildman–Crippen MR) is 105 cm³/mol. The fraction of sp³-hybridized carbons (Fsp3) is 0.250. The standard InChI is InChI=1S/C20H19ClN2S/c21-18-9-3-1-7-15(18)13-23-14-17(16-8-2-4-10-19(16)23)20(24)22-11-5-6-12-22/h1-4,7-10,14H,5-6,11-13H2. The maximum atomic E-state index is 6.35. The number of para-hydroxylation sites is 1. The number of aromatic nitrogens is 1. The molecule has 122 valence electrons. The molecular weight excluding hydrogens is 336 g/mol. The quantitative estimate of drug-likeness (QED) is 0.603. The van der Waals surface area contributed by atoms with Crippen molar-refractivity contribution < 1.29 is 0 Å². The summed E-state index contributed by atoms with van der Waals surface area (Å²) in [5.74, 6) is 0. The van der Waals surface area contributed by atoms with Crippen LogP contribution in [0.5, 0.6) is 0 Å². The van der Waals surface area contributed by atoms with Crippen molar-refractivity contribution in [2.24, 2.45) is 0 Å². The second-order valence-corrected chi connectivity index (χ2v) is 7.07. The van der Waals surface area contributed by atoms with Gasteiger partial charge in [-0.05, 0) is 30.5 Å². The average Bonchev–Trinajstić information content (AvgIpc) is 3.25. The molecular formula is C20H19ClN2S. The third-order valence-corrected chi connectivity index (χ3v) is 5.56. The molecule has 0 unspecified atom stereocenters. The van der Waals surface area contributed by atoms with Crippen LogP contribution in [0.1, 0.15) is 24.0 Å². The average molecular weight is 355 g/mol. The molecule has 1 aliphatic rings. The number of hydrogen-bond donors (Lipinski definition) is 0. The summed E-state index contributed by atoms with van der Waals surface area (Å²) in [5.41, 5.74) is 3.49. The van der Waals surface area contributed by atoms with Crippen molar-refractivity contribution in [1.29, 1.82) is 0 Å². The Labute approximate surface area is 152 Å². The molecule has 0 amide bonds. The number of thiocarbonyl (C=S) groups is 1. The Morgan fingerprint density at radius 1 is 1.00 bits per heavy atom. The lowest BCUT2D eigenvalue weighted by Gasteiger charge is -2.17. The van der Waals surface area contributed by atoms with Crippen LogP contribution in [-0.4, -0.2) is 27.5 Å². The van der Waals surface area contributed by atoms with Gasteiger partial charge in [0.2, 0.25) is 0 Å². The second-order valence-electron chi connectivity index (χ2n) is 6.28. The first-order valence-corrected chi connectivity index (χ1v) is 9.13. The van der Waals surface area contributed by atoms with Gasteiger partial charge >= 0.3 is 0 Å². The maximum absolute atomic E-state index is 6.35. The molecule has 0 aliphatic carbocycles. The van der Waals surface area contributed by atoms with Gasteiger partial charge in [-0.15, -0.1) is 0 Å². The summed E-state index contributed by atoms with van der Waals surface area (Å²) in [6, 6.07) is 16.5. The van der Waals surface area contributed by atoms with E-state index in [-0.39, 0.29) is 0 Å². The van der Waals surface area contributed by atoms with Crippen molar-refractivity contribution >= 4 is 39.7 Å². The third kappa shape index (κ3) is 2.83. The first-order valence-electron chi connectivity index (χ1n) is 8.34. The SMILES string of the molecule is S=C(c1cn(Cc2ccccc2Cl)c2ccccc12)N1CCCC1. The molecule has 24 heavy (non-hydrogen) atoms. The Bertz CT molecular complexity index is 894. The van der Waals surface area contributed by atoms with E-state index in [0.717, 1.165) is 40.8 Å². The van der Waals surface area contributed by atoms with E-state index in [9.17, 15) is 0 Å². The van der Waals surface area contributed by atoms with Crippen LogP contribution < -0.4 is 0 Å². The molecule has 4 rings (SSSR count). The summed E-state index contributed by atoms with van der Waals surface area (Å²) >= 11 is 12.1. The van der Waals surface area contributed by atoms with Crippen LogP contribution in [-0.2, 0) is 6.54 Å². The minimum absolute atomic E-state index is 0.753. The van der Waals surface area contributed by atoms with Gasteiger partial charge in [-0.25, -0.2) is 0 Å². The highest BCUT2D eigenvalue weighted by molar-refractivity contribution is 7.80. The van der Waals surface area contributed by atoms with Crippen LogP contribution in [0.3, 0.4) is 0 Å². The molecule has 1 aromatic heterocycles. The predicted octanol–water partition coefficient (Wildman–Crippen LogP) is 5.11. The van der Waals surface area contributed by atoms with Crippen molar-refractivity contribution in [3.63, 3.8) is 0 Å². The molecule has 2 nitrogen and oxygen atoms in total. The van der Waals surface area contributed by atoms with E-state index in [2.05, 4.69) is 46.0 Å². The molecule has 1 aliphatic heterocycles. The van der Waals surface area contributed by atoms with Gasteiger partial charge in [0, 0.05) is 47.3 Å². The monoisotopic (exact) mass is 354 g/mol. The fourth-order valence-electron chi connectivity index (χ4n) is 3.45. The zero-order valence-electron chi connectivity index (χ0n) is 13.4. The van der Waals surface area contributed by atoms with Gasteiger partial charge in [-0.2, -0.15) is 0 Å². The highest BCUT2D eigenvalue weighted by Gasteiger charge is 2.20. The molecule has 2 heterocycles. The van der Waals surface area contributed by atoms with E-state index < -0.39 is 0 Å². The number of nitrogens with zero attached hydrogens (tertiary/aromatic N) is 2. The summed E-state index contributed by atoms with van der Waals surface area (Å²) in [6.45, 7) is 2.90. The van der Waals surface area contributed by atoms with E-state index in [1.54, 1.807) is 0 Å². The summed E-state index contributed by atoms with van der Waals surface area (Å²) in [4.78, 5) is 3.30. The molecule has 0 saturated carbocycles. The molecule has 0 spiro atoms. The topological polar surface area (TPSA) is 8.17 Å². The normalized spacial score (nSPS) is 14.5. The Kier molecular flexibility index (Phi) is 4.30. The van der Waals surface area contributed by atoms with Gasteiger partial charge in [0.15, 0.2) is 0 Å². The van der Waals surface area contributed by atoms with Crippen LogP contribution in [0.25, 0.3) is 10.9 Å². The largest absolute Gasteiger partial charge is 0.362 e. The number of halogens is 1. The molecule has 0 bridgehead atoms. The smallest absolute Gasteiger partial charge is 0.111 e. The molecule has 3 aromatic rings. The number of hydrogen-bond acceptors (Lipinski definition) is 1. The highest BCUT2D eigenvalue weighted by atomic mass is 35.5. The molecule has 0 N–H and O–H groups in total. The molecule has 0 radical (unpaired) electrons. The van der Waals surface area contributed by atoms with E-state index in [1.807, 2.05) is 18.2 Å². The first-order chi connectivity index (χ1) is 11.7. The van der Waals surface area contributed by atoms with E-state index >= 15 is 0 Å². The zero-order chi connectivity index (χ0) is 16.5. The molecule has 4 heteroatoms. The van der Waals surface area contributed by atoms with Gasteiger partial charge < -0.3 is 9.47 Å². The minimum Gasteiger partial charge on any atom is -0.362 e. The molecule has 1 fully saturated rings. The minimum atomic E-state index is 0.753. The van der Waals surface area contributed by atoms with Crippen molar-refractivity contribution in [3.8, 4) is 0 Å². The van der Waals surface area contributed by atoms with E-state index in [1.165, 1.54) is 23.7 Å². The fourth-order valence-corrected chi connectivity index (χ4v) is 3.99. The van der Waals surface area contributed by atoms with Crippen molar-refractivity contribution in [2.45, 2.75) is 19.4 Å². The van der Waals surface area contributed by atoms with Gasteiger partial charge in [-0.3, -0.25) is 0 Å². The Balaban J connectivity index is 1.76. The number of fused-ring (bicyclic) bond motifs is 1. The number of likely N-dealkylation sites (tertiary alicyclic amines) is 1. The van der Waals surface area contributed by atoms with Crippen molar-refractivity contribution in [2.75, 3.05) is 13.1 Å². The third-order valence-electron chi connectivity index (χ3n) is 4.71. The van der Waals surface area contributed by atoms with Gasteiger partial charge in [0.1, 0.15) is 4.99 Å². The van der Waals surface area contributed by atoms with Crippen LogP contribution in [0.15, 0.2) is 54.7 Å². The summed E-state index contributed by atoms with van der Waals surface area (Å²) in [7, 11) is 0. The zero-order valence-corrected chi connectivity index (χ0v) is 15.0. The lowest BCUT2D eigenvalue weighted by atomic mass is 10.1. The van der Waals surface area contributed by atoms with E-state index in [4.69, 9.17) is 23.8 Å². The summed E-state index contributed by atoms with van der Waals surface area (Å²) in [6.07, 6.45) is 4.66. The van der Waals surface area contributed by atoms with Gasteiger partial charge in [-0.1, -0.05) is 60.2 Å². The maximum Gasteiger partial charge on any atom is 0.111 e. The van der Waals surface area contributed by atoms with Gasteiger partial charge in [0.25, 0.3) is 0 Å².